The highest BCUT2D eigenvalue weighted by Gasteiger charge is 2.33. The number of hydrogen-bond donors (Lipinski definition) is 0. The molecule has 0 spiro atoms. The zero-order valence-electron chi connectivity index (χ0n) is 9.69. The van der Waals surface area contributed by atoms with Crippen LogP contribution < -0.4 is 0 Å². The molecule has 1 aromatic heterocycles. The van der Waals surface area contributed by atoms with Crippen molar-refractivity contribution in [1.29, 1.82) is 0 Å². The molecular formula is C12H6ClF3N2OS. The van der Waals surface area contributed by atoms with Crippen LogP contribution >= 0.6 is 23.4 Å². The Morgan fingerprint density at radius 1 is 1.15 bits per heavy atom. The van der Waals surface area contributed by atoms with Crippen LogP contribution in [-0.2, 0) is 6.18 Å². The molecule has 0 radical (unpaired) electrons. The van der Waals surface area contributed by atoms with Gasteiger partial charge in [-0.3, -0.25) is 4.79 Å². The molecule has 0 aliphatic rings. The Morgan fingerprint density at radius 2 is 1.80 bits per heavy atom. The molecule has 3 nitrogen and oxygen atoms in total. The standard InChI is InChI=1S/C12H6ClF3N2OS/c13-8-3-1-7(2-4-8)10(19)20-11-17-6-5-9(18-11)12(14,15)16/h1-6H. The van der Waals surface area contributed by atoms with E-state index in [0.29, 0.717) is 22.3 Å². The highest BCUT2D eigenvalue weighted by molar-refractivity contribution is 8.14. The van der Waals surface area contributed by atoms with Gasteiger partial charge in [0.05, 0.1) is 0 Å². The summed E-state index contributed by atoms with van der Waals surface area (Å²) in [4.78, 5) is 18.8. The van der Waals surface area contributed by atoms with Gasteiger partial charge in [0.1, 0.15) is 5.69 Å². The Bertz CT molecular complexity index is 631. The van der Waals surface area contributed by atoms with E-state index in [1.54, 1.807) is 0 Å². The van der Waals surface area contributed by atoms with Gasteiger partial charge in [0.25, 0.3) is 0 Å². The molecule has 0 bridgehead atoms. The Hall–Kier alpha value is -1.60. The largest absolute Gasteiger partial charge is 0.433 e. The number of aromatic nitrogens is 2. The second-order valence-corrected chi connectivity index (χ2v) is 5.00. The molecule has 0 saturated carbocycles. The summed E-state index contributed by atoms with van der Waals surface area (Å²) in [5.41, 5.74) is -0.778. The second kappa shape index (κ2) is 5.80. The van der Waals surface area contributed by atoms with Crippen LogP contribution in [0.3, 0.4) is 0 Å². The molecule has 2 rings (SSSR count). The highest BCUT2D eigenvalue weighted by Crippen LogP contribution is 2.29. The van der Waals surface area contributed by atoms with Crippen molar-refractivity contribution < 1.29 is 18.0 Å². The zero-order chi connectivity index (χ0) is 14.8. The van der Waals surface area contributed by atoms with Crippen molar-refractivity contribution >= 4 is 28.5 Å². The summed E-state index contributed by atoms with van der Waals surface area (Å²) in [6.45, 7) is 0. The van der Waals surface area contributed by atoms with Crippen LogP contribution in [0.1, 0.15) is 16.1 Å². The number of thioether (sulfide) groups is 1. The van der Waals surface area contributed by atoms with Crippen LogP contribution in [0.15, 0.2) is 41.7 Å². The van der Waals surface area contributed by atoms with Crippen LogP contribution in [-0.4, -0.2) is 15.1 Å². The summed E-state index contributed by atoms with van der Waals surface area (Å²) in [7, 11) is 0. The molecule has 0 aliphatic heterocycles. The van der Waals surface area contributed by atoms with Gasteiger partial charge in [-0.25, -0.2) is 9.97 Å². The van der Waals surface area contributed by atoms with Crippen molar-refractivity contribution in [3.63, 3.8) is 0 Å². The SMILES string of the molecule is O=C(Sc1nccc(C(F)(F)F)n1)c1ccc(Cl)cc1. The topological polar surface area (TPSA) is 42.9 Å². The number of hydrogen-bond acceptors (Lipinski definition) is 4. The van der Waals surface area contributed by atoms with Gasteiger partial charge in [-0.05, 0) is 42.1 Å². The minimum absolute atomic E-state index is 0.250. The summed E-state index contributed by atoms with van der Waals surface area (Å²) in [6, 6.07) is 6.73. The Morgan fingerprint density at radius 3 is 2.40 bits per heavy atom. The predicted octanol–water partition coefficient (Wildman–Crippen LogP) is 4.08. The van der Waals surface area contributed by atoms with E-state index in [9.17, 15) is 18.0 Å². The maximum absolute atomic E-state index is 12.5. The van der Waals surface area contributed by atoms with Gasteiger partial charge in [0, 0.05) is 16.8 Å². The van der Waals surface area contributed by atoms with E-state index in [0.717, 1.165) is 12.3 Å². The molecule has 8 heteroatoms. The lowest BCUT2D eigenvalue weighted by Gasteiger charge is -2.06. The summed E-state index contributed by atoms with van der Waals surface area (Å²) >= 11 is 6.21. The van der Waals surface area contributed by atoms with Gasteiger partial charge in [-0.15, -0.1) is 0 Å². The maximum Gasteiger partial charge on any atom is 0.433 e. The van der Waals surface area contributed by atoms with Gasteiger partial charge in [0.15, 0.2) is 5.16 Å². The fourth-order valence-corrected chi connectivity index (χ4v) is 2.08. The molecular weight excluding hydrogens is 313 g/mol. The first-order chi connectivity index (χ1) is 9.36. The molecule has 0 atom stereocenters. The third-order valence-electron chi connectivity index (χ3n) is 2.19. The number of alkyl halides is 3. The fourth-order valence-electron chi connectivity index (χ4n) is 1.28. The van der Waals surface area contributed by atoms with E-state index in [4.69, 9.17) is 11.6 Å². The second-order valence-electron chi connectivity index (χ2n) is 3.62. The zero-order valence-corrected chi connectivity index (χ0v) is 11.3. The normalized spacial score (nSPS) is 11.4. The number of rotatable bonds is 2. The summed E-state index contributed by atoms with van der Waals surface area (Å²) in [5, 5.41) is -0.248. The van der Waals surface area contributed by atoms with Crippen LogP contribution in [0.25, 0.3) is 0 Å². The molecule has 1 heterocycles. The molecule has 104 valence electrons. The number of halogens is 4. The molecule has 0 N–H and O–H groups in total. The summed E-state index contributed by atoms with van der Waals surface area (Å²) in [5.74, 6) is 0. The number of carbonyl (C=O) groups is 1. The van der Waals surface area contributed by atoms with E-state index in [1.807, 2.05) is 0 Å². The van der Waals surface area contributed by atoms with Crippen molar-refractivity contribution in [3.8, 4) is 0 Å². The smallest absolute Gasteiger partial charge is 0.281 e. The number of nitrogens with zero attached hydrogens (tertiary/aromatic N) is 2. The van der Waals surface area contributed by atoms with Crippen molar-refractivity contribution in [2.45, 2.75) is 11.3 Å². The first-order valence-electron chi connectivity index (χ1n) is 5.24. The molecule has 1 aromatic carbocycles. The van der Waals surface area contributed by atoms with Crippen LogP contribution in [0.5, 0.6) is 0 Å². The first-order valence-corrected chi connectivity index (χ1v) is 6.44. The van der Waals surface area contributed by atoms with Crippen molar-refractivity contribution in [2.24, 2.45) is 0 Å². The minimum atomic E-state index is -4.57. The van der Waals surface area contributed by atoms with E-state index in [-0.39, 0.29) is 5.16 Å². The Labute approximate surface area is 121 Å². The van der Waals surface area contributed by atoms with Crippen LogP contribution in [0, 0.1) is 0 Å². The lowest BCUT2D eigenvalue weighted by molar-refractivity contribution is -0.141. The van der Waals surface area contributed by atoms with Gasteiger partial charge >= 0.3 is 6.18 Å². The molecule has 20 heavy (non-hydrogen) atoms. The maximum atomic E-state index is 12.5. The quantitative estimate of drug-likeness (QED) is 0.618. The van der Waals surface area contributed by atoms with E-state index < -0.39 is 17.0 Å². The average molecular weight is 319 g/mol. The van der Waals surface area contributed by atoms with E-state index in [1.165, 1.54) is 24.3 Å². The summed E-state index contributed by atoms with van der Waals surface area (Å²) < 4.78 is 37.4. The Balaban J connectivity index is 2.18. The van der Waals surface area contributed by atoms with E-state index in [2.05, 4.69) is 9.97 Å². The summed E-state index contributed by atoms with van der Waals surface area (Å²) in [6.07, 6.45) is -3.60. The average Bonchev–Trinajstić information content (AvgIpc) is 2.38. The monoisotopic (exact) mass is 318 g/mol. The third-order valence-corrected chi connectivity index (χ3v) is 3.24. The van der Waals surface area contributed by atoms with Gasteiger partial charge in [-0.2, -0.15) is 13.2 Å². The van der Waals surface area contributed by atoms with Crippen LogP contribution in [0.2, 0.25) is 5.02 Å². The molecule has 0 aliphatic carbocycles. The van der Waals surface area contributed by atoms with E-state index >= 15 is 0 Å². The van der Waals surface area contributed by atoms with Crippen LogP contribution in [0.4, 0.5) is 13.2 Å². The van der Waals surface area contributed by atoms with Gasteiger partial charge in [-0.1, -0.05) is 11.6 Å². The number of benzene rings is 1. The molecule has 0 amide bonds. The molecule has 0 fully saturated rings. The molecule has 2 aromatic rings. The molecule has 0 saturated heterocycles. The number of carbonyl (C=O) groups excluding carboxylic acids is 1. The Kier molecular flexibility index (Phi) is 4.29. The minimum Gasteiger partial charge on any atom is -0.281 e. The fraction of sp³-hybridized carbons (Fsp3) is 0.0833. The predicted molar refractivity (Wildman–Crippen MR) is 68.7 cm³/mol. The lowest BCUT2D eigenvalue weighted by atomic mass is 10.2. The lowest BCUT2D eigenvalue weighted by Crippen LogP contribution is -2.09. The third kappa shape index (κ3) is 3.71. The van der Waals surface area contributed by atoms with Crippen molar-refractivity contribution in [1.82, 2.24) is 9.97 Å². The van der Waals surface area contributed by atoms with Crippen molar-refractivity contribution in [2.75, 3.05) is 0 Å². The molecule has 0 unspecified atom stereocenters. The highest BCUT2D eigenvalue weighted by atomic mass is 35.5. The first kappa shape index (κ1) is 14.8. The van der Waals surface area contributed by atoms with Crippen molar-refractivity contribution in [3.05, 3.63) is 52.8 Å². The van der Waals surface area contributed by atoms with Gasteiger partial charge < -0.3 is 0 Å². The van der Waals surface area contributed by atoms with Gasteiger partial charge in [0.2, 0.25) is 5.12 Å².